The van der Waals surface area contributed by atoms with Gasteiger partial charge in [-0.05, 0) is 12.5 Å². The van der Waals surface area contributed by atoms with Crippen LogP contribution >= 0.6 is 0 Å². The number of amides is 1. The number of benzene rings is 1. The number of likely N-dealkylation sites (N-methyl/N-ethyl adjacent to an activating group) is 1. The molecule has 1 rings (SSSR count). The Hall–Kier alpha value is -2.08. The number of carboxylic acids is 1. The summed E-state index contributed by atoms with van der Waals surface area (Å²) < 4.78 is 10.1. The Labute approximate surface area is 117 Å². The molecule has 0 saturated carbocycles. The Balaban J connectivity index is 2.63. The summed E-state index contributed by atoms with van der Waals surface area (Å²) in [5.74, 6) is -1.14. The quantitative estimate of drug-likeness (QED) is 0.859. The smallest absolute Gasteiger partial charge is 0.410 e. The molecule has 2 atom stereocenters. The van der Waals surface area contributed by atoms with Crippen molar-refractivity contribution in [3.63, 3.8) is 0 Å². The minimum atomic E-state index is -1.14. The van der Waals surface area contributed by atoms with Crippen LogP contribution in [0.1, 0.15) is 12.5 Å². The third kappa shape index (κ3) is 4.24. The van der Waals surface area contributed by atoms with Crippen LogP contribution in [0.2, 0.25) is 0 Å². The van der Waals surface area contributed by atoms with E-state index in [4.69, 9.17) is 14.6 Å². The number of nitrogens with zero attached hydrogens (tertiary/aromatic N) is 1. The number of methoxy groups -OCH3 is 1. The standard InChI is InChI=1S/C14H19NO5/c1-10(19-3)12(13(16)17)15(2)14(18)20-9-11-7-5-4-6-8-11/h4-8,10,12H,9H2,1-3H3,(H,16,17)/t10-,12+/m1/s1. The molecule has 0 bridgehead atoms. The van der Waals surface area contributed by atoms with Gasteiger partial charge in [-0.1, -0.05) is 30.3 Å². The summed E-state index contributed by atoms with van der Waals surface area (Å²) in [6.45, 7) is 1.68. The number of carbonyl (C=O) groups excluding carboxylic acids is 1. The van der Waals surface area contributed by atoms with Crippen molar-refractivity contribution in [3.05, 3.63) is 35.9 Å². The third-order valence-electron chi connectivity index (χ3n) is 2.98. The SMILES string of the molecule is CO[C@H](C)[C@@H](C(=O)O)N(C)C(=O)OCc1ccccc1. The molecule has 0 saturated heterocycles. The maximum atomic E-state index is 11.9. The van der Waals surface area contributed by atoms with E-state index in [2.05, 4.69) is 0 Å². The van der Waals surface area contributed by atoms with E-state index in [0.717, 1.165) is 10.5 Å². The van der Waals surface area contributed by atoms with Gasteiger partial charge in [0.25, 0.3) is 0 Å². The molecule has 1 N–H and O–H groups in total. The van der Waals surface area contributed by atoms with Gasteiger partial charge in [0.2, 0.25) is 0 Å². The molecule has 0 spiro atoms. The van der Waals surface area contributed by atoms with Crippen LogP contribution in [-0.4, -0.2) is 48.4 Å². The van der Waals surface area contributed by atoms with Crippen LogP contribution in [0, 0.1) is 0 Å². The number of hydrogen-bond donors (Lipinski definition) is 1. The van der Waals surface area contributed by atoms with E-state index >= 15 is 0 Å². The van der Waals surface area contributed by atoms with Gasteiger partial charge in [-0.25, -0.2) is 9.59 Å². The zero-order chi connectivity index (χ0) is 15.1. The van der Waals surface area contributed by atoms with Crippen molar-refractivity contribution < 1.29 is 24.2 Å². The lowest BCUT2D eigenvalue weighted by atomic mass is 10.1. The minimum Gasteiger partial charge on any atom is -0.480 e. The monoisotopic (exact) mass is 281 g/mol. The third-order valence-corrected chi connectivity index (χ3v) is 2.98. The first-order chi connectivity index (χ1) is 9.47. The zero-order valence-corrected chi connectivity index (χ0v) is 11.8. The Morgan fingerprint density at radius 3 is 2.40 bits per heavy atom. The van der Waals surface area contributed by atoms with Gasteiger partial charge in [0.1, 0.15) is 6.61 Å². The average Bonchev–Trinajstić information content (AvgIpc) is 2.45. The summed E-state index contributed by atoms with van der Waals surface area (Å²) in [5.41, 5.74) is 0.834. The van der Waals surface area contributed by atoms with Gasteiger partial charge in [-0.3, -0.25) is 4.90 Å². The number of carboxylic acid groups (broad SMARTS) is 1. The Morgan fingerprint density at radius 1 is 1.30 bits per heavy atom. The van der Waals surface area contributed by atoms with E-state index in [0.29, 0.717) is 0 Å². The fourth-order valence-corrected chi connectivity index (χ4v) is 1.74. The highest BCUT2D eigenvalue weighted by atomic mass is 16.6. The molecule has 0 heterocycles. The molecule has 1 aromatic rings. The second-order valence-corrected chi connectivity index (χ2v) is 4.37. The molecule has 0 fully saturated rings. The molecule has 110 valence electrons. The molecular weight excluding hydrogens is 262 g/mol. The van der Waals surface area contributed by atoms with Gasteiger partial charge in [-0.2, -0.15) is 0 Å². The highest BCUT2D eigenvalue weighted by Crippen LogP contribution is 2.09. The topological polar surface area (TPSA) is 76.1 Å². The Kier molecular flexibility index (Phi) is 5.99. The van der Waals surface area contributed by atoms with Gasteiger partial charge in [-0.15, -0.1) is 0 Å². The van der Waals surface area contributed by atoms with Crippen molar-refractivity contribution in [3.8, 4) is 0 Å². The van der Waals surface area contributed by atoms with E-state index in [1.165, 1.54) is 14.2 Å². The molecule has 0 aliphatic rings. The Bertz CT molecular complexity index is 448. The minimum absolute atomic E-state index is 0.0950. The maximum Gasteiger partial charge on any atom is 0.410 e. The molecule has 6 nitrogen and oxygen atoms in total. The number of rotatable bonds is 6. The van der Waals surface area contributed by atoms with Crippen molar-refractivity contribution >= 4 is 12.1 Å². The second kappa shape index (κ2) is 7.49. The van der Waals surface area contributed by atoms with Gasteiger partial charge < -0.3 is 14.6 Å². The van der Waals surface area contributed by atoms with Crippen molar-refractivity contribution in [1.82, 2.24) is 4.90 Å². The first-order valence-electron chi connectivity index (χ1n) is 6.16. The lowest BCUT2D eigenvalue weighted by molar-refractivity contribution is -0.146. The highest BCUT2D eigenvalue weighted by molar-refractivity contribution is 5.80. The largest absolute Gasteiger partial charge is 0.480 e. The molecule has 1 aromatic carbocycles. The maximum absolute atomic E-state index is 11.9. The number of hydrogen-bond acceptors (Lipinski definition) is 4. The Morgan fingerprint density at radius 2 is 1.90 bits per heavy atom. The van der Waals surface area contributed by atoms with Crippen LogP contribution in [0.3, 0.4) is 0 Å². The summed E-state index contributed by atoms with van der Waals surface area (Å²) in [7, 11) is 2.77. The predicted molar refractivity (Wildman–Crippen MR) is 72.3 cm³/mol. The van der Waals surface area contributed by atoms with Crippen LogP contribution in [-0.2, 0) is 20.9 Å². The first kappa shape index (κ1) is 16.0. The van der Waals surface area contributed by atoms with Crippen molar-refractivity contribution in [2.24, 2.45) is 0 Å². The van der Waals surface area contributed by atoms with E-state index in [-0.39, 0.29) is 6.61 Å². The number of carbonyl (C=O) groups is 2. The number of ether oxygens (including phenoxy) is 2. The van der Waals surface area contributed by atoms with Gasteiger partial charge in [0.05, 0.1) is 6.10 Å². The van der Waals surface area contributed by atoms with Gasteiger partial charge in [0, 0.05) is 14.2 Å². The van der Waals surface area contributed by atoms with Gasteiger partial charge in [0.15, 0.2) is 6.04 Å². The van der Waals surface area contributed by atoms with E-state index < -0.39 is 24.2 Å². The predicted octanol–water partition coefficient (Wildman–Crippen LogP) is 1.74. The van der Waals surface area contributed by atoms with E-state index in [9.17, 15) is 9.59 Å². The fourth-order valence-electron chi connectivity index (χ4n) is 1.74. The lowest BCUT2D eigenvalue weighted by Crippen LogP contribution is -2.49. The molecule has 20 heavy (non-hydrogen) atoms. The molecule has 0 unspecified atom stereocenters. The fraction of sp³-hybridized carbons (Fsp3) is 0.429. The summed E-state index contributed by atoms with van der Waals surface area (Å²) in [4.78, 5) is 24.1. The van der Waals surface area contributed by atoms with Crippen LogP contribution < -0.4 is 0 Å². The zero-order valence-electron chi connectivity index (χ0n) is 11.8. The van der Waals surface area contributed by atoms with Crippen LogP contribution in [0.15, 0.2) is 30.3 Å². The first-order valence-corrected chi connectivity index (χ1v) is 6.16. The van der Waals surface area contributed by atoms with Crippen LogP contribution in [0.5, 0.6) is 0 Å². The van der Waals surface area contributed by atoms with Crippen LogP contribution in [0.4, 0.5) is 4.79 Å². The van der Waals surface area contributed by atoms with E-state index in [1.54, 1.807) is 6.92 Å². The highest BCUT2D eigenvalue weighted by Gasteiger charge is 2.32. The molecule has 0 aromatic heterocycles. The van der Waals surface area contributed by atoms with Crippen molar-refractivity contribution in [2.75, 3.05) is 14.2 Å². The normalized spacial score (nSPS) is 13.3. The second-order valence-electron chi connectivity index (χ2n) is 4.37. The number of aliphatic carboxylic acids is 1. The molecule has 6 heteroatoms. The summed E-state index contributed by atoms with van der Waals surface area (Å²) in [5, 5.41) is 9.15. The molecule has 0 aliphatic carbocycles. The summed E-state index contributed by atoms with van der Waals surface area (Å²) >= 11 is 0. The lowest BCUT2D eigenvalue weighted by Gasteiger charge is -2.27. The average molecular weight is 281 g/mol. The molecule has 1 amide bonds. The van der Waals surface area contributed by atoms with Crippen molar-refractivity contribution in [2.45, 2.75) is 25.7 Å². The van der Waals surface area contributed by atoms with E-state index in [1.807, 2.05) is 30.3 Å². The summed E-state index contributed by atoms with van der Waals surface area (Å²) in [6, 6.07) is 8.07. The molecule has 0 radical (unpaired) electrons. The van der Waals surface area contributed by atoms with Crippen LogP contribution in [0.25, 0.3) is 0 Å². The molecule has 0 aliphatic heterocycles. The summed E-state index contributed by atoms with van der Waals surface area (Å²) in [6.07, 6.45) is -1.34. The van der Waals surface area contributed by atoms with Crippen molar-refractivity contribution in [1.29, 1.82) is 0 Å². The van der Waals surface area contributed by atoms with Gasteiger partial charge >= 0.3 is 12.1 Å². The molecular formula is C14H19NO5.